The molecule has 9 aromatic rings. The van der Waals surface area contributed by atoms with Gasteiger partial charge in [-0.25, -0.2) is 0 Å². The number of fused-ring (bicyclic) bond motifs is 3. The third-order valence-electron chi connectivity index (χ3n) is 8.77. The zero-order valence-electron chi connectivity index (χ0n) is 23.1. The van der Waals surface area contributed by atoms with Gasteiger partial charge in [-0.2, -0.15) is 5.26 Å². The van der Waals surface area contributed by atoms with E-state index in [1.807, 2.05) is 36.7 Å². The summed E-state index contributed by atoms with van der Waals surface area (Å²) in [6, 6.07) is 47.7. The normalized spacial score (nSPS) is 11.7. The van der Waals surface area contributed by atoms with Crippen LogP contribution in [0, 0.1) is 11.3 Å². The van der Waals surface area contributed by atoms with Gasteiger partial charge in [-0.1, -0.05) is 66.7 Å². The first-order chi connectivity index (χ1) is 21.2. The highest BCUT2D eigenvalue weighted by molar-refractivity contribution is 6.24. The molecule has 0 fully saturated rings. The Morgan fingerprint density at radius 3 is 1.72 bits per heavy atom. The number of rotatable bonds is 3. The lowest BCUT2D eigenvalue weighted by Gasteiger charge is -2.15. The molecule has 0 bridgehead atoms. The Bertz CT molecular complexity index is 2490. The predicted molar refractivity (Wildman–Crippen MR) is 178 cm³/mol. The second-order valence-electron chi connectivity index (χ2n) is 11.2. The van der Waals surface area contributed by atoms with Crippen molar-refractivity contribution in [2.45, 2.75) is 0 Å². The lowest BCUT2D eigenvalue weighted by Crippen LogP contribution is -1.94. The molecule has 0 radical (unpaired) electrons. The number of hydrogen-bond acceptors (Lipinski definition) is 2. The smallest absolute Gasteiger partial charge is 0.0992 e. The Morgan fingerprint density at radius 2 is 1.12 bits per heavy atom. The summed E-state index contributed by atoms with van der Waals surface area (Å²) in [6.45, 7) is 0. The molecule has 0 atom stereocenters. The van der Waals surface area contributed by atoms with Crippen LogP contribution in [-0.4, -0.2) is 9.55 Å². The van der Waals surface area contributed by atoms with Gasteiger partial charge in [0.05, 0.1) is 22.7 Å². The summed E-state index contributed by atoms with van der Waals surface area (Å²) in [5, 5.41) is 19.5. The largest absolute Gasteiger partial charge is 0.309 e. The fraction of sp³-hybridized carbons (Fsp3) is 0. The van der Waals surface area contributed by atoms with E-state index in [0.717, 1.165) is 33.2 Å². The molecule has 3 heteroatoms. The number of nitriles is 1. The standard InChI is InChI=1S/C40H23N3/c41-23-25-8-14-35-36-15-13-26(22-38(36)43(37(35)17-25)34-6-2-1-3-7-34)32-18-27-9-11-29-20-33(31-5-4-16-42-24-31)21-30-12-10-28(19-32)39(27)40(29)30/h1-22,24H. The van der Waals surface area contributed by atoms with Crippen molar-refractivity contribution >= 4 is 54.1 Å². The van der Waals surface area contributed by atoms with Gasteiger partial charge >= 0.3 is 0 Å². The molecule has 0 aliphatic heterocycles. The molecule has 3 nitrogen and oxygen atoms in total. The van der Waals surface area contributed by atoms with Gasteiger partial charge in [0.2, 0.25) is 0 Å². The van der Waals surface area contributed by atoms with Gasteiger partial charge in [0, 0.05) is 34.4 Å². The van der Waals surface area contributed by atoms with E-state index in [2.05, 4.69) is 119 Å². The number of nitrogens with zero attached hydrogens (tertiary/aromatic N) is 3. The Labute approximate surface area is 247 Å². The van der Waals surface area contributed by atoms with Gasteiger partial charge in [0.1, 0.15) is 0 Å². The van der Waals surface area contributed by atoms with Gasteiger partial charge in [-0.05, 0) is 110 Å². The van der Waals surface area contributed by atoms with E-state index in [0.29, 0.717) is 5.56 Å². The van der Waals surface area contributed by atoms with E-state index in [9.17, 15) is 5.26 Å². The number of para-hydroxylation sites is 1. The van der Waals surface area contributed by atoms with Crippen molar-refractivity contribution in [3.63, 3.8) is 0 Å². The summed E-state index contributed by atoms with van der Waals surface area (Å²) in [5.41, 5.74) is 8.57. The van der Waals surface area contributed by atoms with Crippen LogP contribution in [0.4, 0.5) is 0 Å². The van der Waals surface area contributed by atoms with Crippen LogP contribution < -0.4 is 0 Å². The Morgan fingerprint density at radius 1 is 0.512 bits per heavy atom. The summed E-state index contributed by atoms with van der Waals surface area (Å²) < 4.78 is 2.28. The lowest BCUT2D eigenvalue weighted by atomic mass is 9.89. The minimum Gasteiger partial charge on any atom is -0.309 e. The van der Waals surface area contributed by atoms with Crippen LogP contribution in [0.25, 0.3) is 82.1 Å². The molecule has 0 saturated carbocycles. The first-order valence-electron chi connectivity index (χ1n) is 14.4. The van der Waals surface area contributed by atoms with Crippen molar-refractivity contribution < 1.29 is 0 Å². The van der Waals surface area contributed by atoms with Crippen LogP contribution in [-0.2, 0) is 0 Å². The number of benzene rings is 7. The molecule has 2 aromatic heterocycles. The van der Waals surface area contributed by atoms with Crippen LogP contribution in [0.15, 0.2) is 140 Å². The summed E-state index contributed by atoms with van der Waals surface area (Å²) in [4.78, 5) is 4.33. The van der Waals surface area contributed by atoms with Gasteiger partial charge in [-0.3, -0.25) is 4.98 Å². The number of hydrogen-bond donors (Lipinski definition) is 0. The van der Waals surface area contributed by atoms with E-state index in [1.165, 1.54) is 48.8 Å². The topological polar surface area (TPSA) is 41.6 Å². The molecule has 0 aliphatic rings. The van der Waals surface area contributed by atoms with Crippen LogP contribution in [0.5, 0.6) is 0 Å². The number of aromatic nitrogens is 2. The van der Waals surface area contributed by atoms with Crippen LogP contribution in [0.1, 0.15) is 5.56 Å². The highest BCUT2D eigenvalue weighted by Crippen LogP contribution is 2.41. The van der Waals surface area contributed by atoms with E-state index >= 15 is 0 Å². The highest BCUT2D eigenvalue weighted by atomic mass is 15.0. The van der Waals surface area contributed by atoms with Crippen molar-refractivity contribution in [2.75, 3.05) is 0 Å². The van der Waals surface area contributed by atoms with Gasteiger partial charge < -0.3 is 4.57 Å². The average Bonchev–Trinajstić information content (AvgIpc) is 3.40. The van der Waals surface area contributed by atoms with E-state index < -0.39 is 0 Å². The maximum absolute atomic E-state index is 9.63. The summed E-state index contributed by atoms with van der Waals surface area (Å²) in [7, 11) is 0. The van der Waals surface area contributed by atoms with Crippen molar-refractivity contribution in [1.82, 2.24) is 9.55 Å². The minimum absolute atomic E-state index is 0.660. The molecule has 198 valence electrons. The Balaban J connectivity index is 1.26. The van der Waals surface area contributed by atoms with E-state index in [4.69, 9.17) is 0 Å². The van der Waals surface area contributed by atoms with Crippen molar-refractivity contribution in [3.8, 4) is 34.0 Å². The second-order valence-corrected chi connectivity index (χ2v) is 11.2. The van der Waals surface area contributed by atoms with Crippen molar-refractivity contribution in [3.05, 3.63) is 145 Å². The predicted octanol–water partition coefficient (Wildman–Crippen LogP) is 10.3. The minimum atomic E-state index is 0.660. The molecular formula is C40H23N3. The molecule has 9 rings (SSSR count). The molecule has 0 N–H and O–H groups in total. The molecule has 0 aliphatic carbocycles. The molecule has 0 unspecified atom stereocenters. The summed E-state index contributed by atoms with van der Waals surface area (Å²) >= 11 is 0. The molecular weight excluding hydrogens is 522 g/mol. The van der Waals surface area contributed by atoms with Crippen LogP contribution in [0.3, 0.4) is 0 Å². The zero-order valence-corrected chi connectivity index (χ0v) is 23.1. The van der Waals surface area contributed by atoms with Gasteiger partial charge in [-0.15, -0.1) is 0 Å². The second kappa shape index (κ2) is 9.01. The molecule has 0 spiro atoms. The summed E-state index contributed by atoms with van der Waals surface area (Å²) in [5.74, 6) is 0. The Hall–Kier alpha value is -5.98. The number of pyridine rings is 1. The monoisotopic (exact) mass is 545 g/mol. The van der Waals surface area contributed by atoms with Crippen molar-refractivity contribution in [2.24, 2.45) is 0 Å². The third kappa shape index (κ3) is 3.57. The lowest BCUT2D eigenvalue weighted by molar-refractivity contribution is 1.18. The van der Waals surface area contributed by atoms with Crippen LogP contribution in [0.2, 0.25) is 0 Å². The summed E-state index contributed by atoms with van der Waals surface area (Å²) in [6.07, 6.45) is 3.74. The molecule has 43 heavy (non-hydrogen) atoms. The highest BCUT2D eigenvalue weighted by Gasteiger charge is 2.16. The Kier molecular flexibility index (Phi) is 4.97. The maximum atomic E-state index is 9.63. The molecule has 7 aromatic carbocycles. The third-order valence-corrected chi connectivity index (χ3v) is 8.77. The van der Waals surface area contributed by atoms with Crippen molar-refractivity contribution in [1.29, 1.82) is 5.26 Å². The van der Waals surface area contributed by atoms with Gasteiger partial charge in [0.15, 0.2) is 0 Å². The van der Waals surface area contributed by atoms with Crippen LogP contribution >= 0.6 is 0 Å². The molecule has 0 saturated heterocycles. The zero-order chi connectivity index (χ0) is 28.5. The quantitative estimate of drug-likeness (QED) is 0.207. The molecule has 2 heterocycles. The molecule has 0 amide bonds. The average molecular weight is 546 g/mol. The fourth-order valence-corrected chi connectivity index (χ4v) is 6.83. The first-order valence-corrected chi connectivity index (χ1v) is 14.4. The first kappa shape index (κ1) is 23.7. The van der Waals surface area contributed by atoms with E-state index in [1.54, 1.807) is 0 Å². The van der Waals surface area contributed by atoms with Gasteiger partial charge in [0.25, 0.3) is 0 Å². The van der Waals surface area contributed by atoms with E-state index in [-0.39, 0.29) is 0 Å². The fourth-order valence-electron chi connectivity index (χ4n) is 6.83. The maximum Gasteiger partial charge on any atom is 0.0992 e. The SMILES string of the molecule is N#Cc1ccc2c3ccc(-c4cc5ccc6cc(-c7cccnc7)cc7ccc(c4)c5c67)cc3n(-c3ccccc3)c2c1.